The molecular formula is C60H36F3N5. The van der Waals surface area contributed by atoms with Crippen LogP contribution in [0, 0.1) is 11.3 Å². The molecule has 0 bridgehead atoms. The highest BCUT2D eigenvalue weighted by Gasteiger charge is 2.40. The van der Waals surface area contributed by atoms with E-state index in [0.717, 1.165) is 66.3 Å². The Labute approximate surface area is 388 Å². The number of rotatable bonds is 7. The van der Waals surface area contributed by atoms with Crippen LogP contribution in [0.5, 0.6) is 0 Å². The minimum absolute atomic E-state index is 0.0311. The van der Waals surface area contributed by atoms with Crippen molar-refractivity contribution in [3.8, 4) is 73.3 Å². The van der Waals surface area contributed by atoms with Crippen LogP contribution in [0.15, 0.2) is 219 Å². The summed E-state index contributed by atoms with van der Waals surface area (Å²) >= 11 is 0. The number of hydrogen-bond donors (Lipinski definition) is 0. The van der Waals surface area contributed by atoms with Crippen LogP contribution in [0.1, 0.15) is 11.1 Å². The predicted octanol–water partition coefficient (Wildman–Crippen LogP) is 15.9. The van der Waals surface area contributed by atoms with E-state index in [1.54, 1.807) is 51.7 Å². The van der Waals surface area contributed by atoms with Crippen LogP contribution in [0.4, 0.5) is 13.2 Å². The average molecular weight is 884 g/mol. The van der Waals surface area contributed by atoms with Gasteiger partial charge in [0.2, 0.25) is 0 Å². The lowest BCUT2D eigenvalue weighted by molar-refractivity contribution is -0.137. The van der Waals surface area contributed by atoms with Crippen molar-refractivity contribution in [1.29, 1.82) is 5.26 Å². The molecule has 5 nitrogen and oxygen atoms in total. The minimum Gasteiger partial charge on any atom is -0.309 e. The van der Waals surface area contributed by atoms with Crippen LogP contribution >= 0.6 is 0 Å². The first-order valence-electron chi connectivity index (χ1n) is 22.2. The standard InChI is InChI=1S/C60H36F3N5/c61-60(62,63)58-55(67-53-20-9-7-18-47(53)49-26-22-41(33-56(49)67)44-24-29-51(65-36-44)39-13-3-1-4-14-39)31-28-46(43-17-11-12-38(32-43)35-64)59(58)68-54-21-10-8-19-48(54)50-27-23-42(34-57(50)68)45-25-30-52(66-37-45)40-15-5-2-6-16-40/h1-34,36-37H. The lowest BCUT2D eigenvalue weighted by atomic mass is 9.96. The van der Waals surface area contributed by atoms with E-state index in [1.807, 2.05) is 176 Å². The van der Waals surface area contributed by atoms with Gasteiger partial charge in [0.15, 0.2) is 0 Å². The Hall–Kier alpha value is -9.06. The van der Waals surface area contributed by atoms with Gasteiger partial charge in [0.25, 0.3) is 0 Å². The summed E-state index contributed by atoms with van der Waals surface area (Å²) in [6, 6.07) is 67.1. The maximum atomic E-state index is 16.9. The smallest absolute Gasteiger partial charge is 0.309 e. The van der Waals surface area contributed by atoms with Crippen LogP contribution < -0.4 is 0 Å². The molecule has 0 unspecified atom stereocenters. The molecule has 12 aromatic rings. The minimum atomic E-state index is -4.88. The Morgan fingerprint density at radius 1 is 0.397 bits per heavy atom. The summed E-state index contributed by atoms with van der Waals surface area (Å²) in [6.07, 6.45) is -1.27. The van der Waals surface area contributed by atoms with Gasteiger partial charge in [0.1, 0.15) is 5.56 Å². The van der Waals surface area contributed by atoms with Gasteiger partial charge in [-0.05, 0) is 71.3 Å². The van der Waals surface area contributed by atoms with Gasteiger partial charge in [-0.15, -0.1) is 0 Å². The zero-order valence-electron chi connectivity index (χ0n) is 36.2. The van der Waals surface area contributed by atoms with Crippen molar-refractivity contribution in [2.45, 2.75) is 6.18 Å². The SMILES string of the molecule is N#Cc1cccc(-c2ccc(-n3c4ccccc4c4ccc(-c5ccc(-c6ccccc6)nc5)cc43)c(C(F)(F)F)c2-n2c3ccccc3c3ccc(-c4ccc(-c5ccccc5)nc4)cc32)c1. The van der Waals surface area contributed by atoms with Gasteiger partial charge >= 0.3 is 6.18 Å². The summed E-state index contributed by atoms with van der Waals surface area (Å²) in [5.41, 5.74) is 9.55. The number of alkyl halides is 3. The second kappa shape index (κ2) is 16.1. The van der Waals surface area contributed by atoms with Crippen molar-refractivity contribution in [2.24, 2.45) is 0 Å². The number of fused-ring (bicyclic) bond motifs is 6. The zero-order chi connectivity index (χ0) is 45.9. The van der Waals surface area contributed by atoms with Gasteiger partial charge in [0, 0.05) is 61.8 Å². The fraction of sp³-hybridized carbons (Fsp3) is 0.0167. The molecule has 0 amide bonds. The van der Waals surface area contributed by atoms with Crippen molar-refractivity contribution in [1.82, 2.24) is 19.1 Å². The highest BCUT2D eigenvalue weighted by Crippen LogP contribution is 2.48. The maximum absolute atomic E-state index is 16.9. The molecular weight excluding hydrogens is 848 g/mol. The molecule has 322 valence electrons. The normalized spacial score (nSPS) is 11.7. The highest BCUT2D eigenvalue weighted by atomic mass is 19.4. The summed E-state index contributed by atoms with van der Waals surface area (Å²) in [5, 5.41) is 13.3. The first-order valence-corrected chi connectivity index (χ1v) is 22.2. The van der Waals surface area contributed by atoms with E-state index in [4.69, 9.17) is 9.97 Å². The number of nitriles is 1. The lowest BCUT2D eigenvalue weighted by Crippen LogP contribution is -2.17. The van der Waals surface area contributed by atoms with Gasteiger partial charge in [-0.3, -0.25) is 9.97 Å². The number of benzene rings is 8. The maximum Gasteiger partial charge on any atom is 0.420 e. The van der Waals surface area contributed by atoms with Crippen LogP contribution in [-0.2, 0) is 6.18 Å². The molecule has 0 atom stereocenters. The van der Waals surface area contributed by atoms with E-state index in [1.165, 1.54) is 0 Å². The summed E-state index contributed by atoms with van der Waals surface area (Å²) in [7, 11) is 0. The molecule has 4 heterocycles. The number of nitrogens with zero attached hydrogens (tertiary/aromatic N) is 5. The average Bonchev–Trinajstić information content (AvgIpc) is 3.90. The molecule has 68 heavy (non-hydrogen) atoms. The summed E-state index contributed by atoms with van der Waals surface area (Å²) in [5.74, 6) is 0. The van der Waals surface area contributed by atoms with Crippen LogP contribution in [0.3, 0.4) is 0 Å². The number of para-hydroxylation sites is 2. The third-order valence-corrected chi connectivity index (χ3v) is 12.9. The van der Waals surface area contributed by atoms with Crippen molar-refractivity contribution in [2.75, 3.05) is 0 Å². The summed E-state index contributed by atoms with van der Waals surface area (Å²) < 4.78 is 54.2. The fourth-order valence-electron chi connectivity index (χ4n) is 9.76. The zero-order valence-corrected chi connectivity index (χ0v) is 36.2. The Balaban J connectivity index is 1.14. The number of aromatic nitrogens is 4. The van der Waals surface area contributed by atoms with Gasteiger partial charge in [0.05, 0.1) is 56.5 Å². The molecule has 0 fully saturated rings. The van der Waals surface area contributed by atoms with Crippen molar-refractivity contribution in [3.63, 3.8) is 0 Å². The molecule has 0 saturated heterocycles. The molecule has 0 N–H and O–H groups in total. The van der Waals surface area contributed by atoms with E-state index < -0.39 is 11.7 Å². The summed E-state index contributed by atoms with van der Waals surface area (Å²) in [4.78, 5) is 9.56. The molecule has 4 aromatic heterocycles. The van der Waals surface area contributed by atoms with Crippen LogP contribution in [-0.4, -0.2) is 19.1 Å². The third-order valence-electron chi connectivity index (χ3n) is 12.9. The van der Waals surface area contributed by atoms with Crippen LogP contribution in [0.25, 0.3) is 111 Å². The molecule has 8 aromatic carbocycles. The van der Waals surface area contributed by atoms with Crippen molar-refractivity contribution >= 4 is 43.6 Å². The van der Waals surface area contributed by atoms with E-state index in [0.29, 0.717) is 38.8 Å². The summed E-state index contributed by atoms with van der Waals surface area (Å²) in [6.45, 7) is 0. The molecule has 0 aliphatic rings. The van der Waals surface area contributed by atoms with Gasteiger partial charge in [-0.1, -0.05) is 152 Å². The van der Waals surface area contributed by atoms with Crippen LogP contribution in [0.2, 0.25) is 0 Å². The molecule has 8 heteroatoms. The third kappa shape index (κ3) is 6.79. The highest BCUT2D eigenvalue weighted by molar-refractivity contribution is 6.12. The first kappa shape index (κ1) is 40.4. The topological polar surface area (TPSA) is 59.4 Å². The molecule has 0 saturated carbocycles. The molecule has 0 aliphatic carbocycles. The molecule has 12 rings (SSSR count). The first-order chi connectivity index (χ1) is 33.3. The van der Waals surface area contributed by atoms with E-state index in [-0.39, 0.29) is 11.4 Å². The number of halogens is 3. The second-order valence-corrected chi connectivity index (χ2v) is 16.8. The largest absolute Gasteiger partial charge is 0.420 e. The Bertz CT molecular complexity index is 3940. The van der Waals surface area contributed by atoms with Gasteiger partial charge in [-0.2, -0.15) is 18.4 Å². The fourth-order valence-corrected chi connectivity index (χ4v) is 9.76. The second-order valence-electron chi connectivity index (χ2n) is 16.8. The predicted molar refractivity (Wildman–Crippen MR) is 268 cm³/mol. The van der Waals surface area contributed by atoms with E-state index in [2.05, 4.69) is 6.07 Å². The van der Waals surface area contributed by atoms with Crippen molar-refractivity contribution < 1.29 is 13.2 Å². The van der Waals surface area contributed by atoms with E-state index in [9.17, 15) is 5.26 Å². The number of hydrogen-bond acceptors (Lipinski definition) is 3. The monoisotopic (exact) mass is 883 g/mol. The van der Waals surface area contributed by atoms with Crippen molar-refractivity contribution in [3.05, 3.63) is 230 Å². The quantitative estimate of drug-likeness (QED) is 0.160. The van der Waals surface area contributed by atoms with Gasteiger partial charge in [-0.25, -0.2) is 0 Å². The van der Waals surface area contributed by atoms with Gasteiger partial charge < -0.3 is 9.13 Å². The Morgan fingerprint density at radius 3 is 1.41 bits per heavy atom. The number of pyridine rings is 2. The Morgan fingerprint density at radius 2 is 0.882 bits per heavy atom. The van der Waals surface area contributed by atoms with E-state index >= 15 is 13.2 Å². The molecule has 0 aliphatic heterocycles. The molecule has 0 spiro atoms. The Kier molecular flexibility index (Phi) is 9.59. The lowest BCUT2D eigenvalue weighted by Gasteiger charge is -2.24. The molecule has 0 radical (unpaired) electrons.